The van der Waals surface area contributed by atoms with E-state index in [1.165, 1.54) is 0 Å². The molecule has 0 bridgehead atoms. The molecule has 0 N–H and O–H groups in total. The molecule has 0 saturated carbocycles. The molecule has 0 spiro atoms. The fourth-order valence-corrected chi connectivity index (χ4v) is 3.60. The maximum Gasteiger partial charge on any atom is 0.259 e. The number of amides is 1. The number of likely N-dealkylation sites (tertiary alicyclic amines) is 1. The molecule has 4 heterocycles. The Balaban J connectivity index is 1.60. The summed E-state index contributed by atoms with van der Waals surface area (Å²) in [6.45, 7) is 5.50. The van der Waals surface area contributed by atoms with Crippen LogP contribution in [0.2, 0.25) is 0 Å². The highest BCUT2D eigenvalue weighted by Crippen LogP contribution is 2.25. The molecule has 1 atom stereocenters. The van der Waals surface area contributed by atoms with E-state index in [2.05, 4.69) is 26.6 Å². The summed E-state index contributed by atoms with van der Waals surface area (Å²) in [6.07, 6.45) is 10.3. The van der Waals surface area contributed by atoms with E-state index in [1.54, 1.807) is 10.7 Å². The minimum atomic E-state index is 0.0102. The Hall–Kier alpha value is -2.70. The van der Waals surface area contributed by atoms with Gasteiger partial charge in [-0.25, -0.2) is 14.5 Å². The van der Waals surface area contributed by atoms with Gasteiger partial charge in [-0.3, -0.25) is 4.79 Å². The summed E-state index contributed by atoms with van der Waals surface area (Å²) in [5, 5.41) is 4.26. The molecular formula is C18H22N6O. The van der Waals surface area contributed by atoms with Crippen molar-refractivity contribution < 1.29 is 4.79 Å². The van der Waals surface area contributed by atoms with Gasteiger partial charge in [0.2, 0.25) is 0 Å². The summed E-state index contributed by atoms with van der Waals surface area (Å²) < 4.78 is 3.88. The summed E-state index contributed by atoms with van der Waals surface area (Å²) in [7, 11) is 0. The smallest absolute Gasteiger partial charge is 0.259 e. The van der Waals surface area contributed by atoms with Crippen molar-refractivity contribution in [3.63, 3.8) is 0 Å². The Morgan fingerprint density at radius 1 is 1.36 bits per heavy atom. The third kappa shape index (κ3) is 2.79. The van der Waals surface area contributed by atoms with E-state index in [0.717, 1.165) is 37.3 Å². The van der Waals surface area contributed by atoms with Gasteiger partial charge in [0, 0.05) is 43.8 Å². The number of nitrogens with zero attached hydrogens (tertiary/aromatic N) is 6. The van der Waals surface area contributed by atoms with Crippen molar-refractivity contribution >= 4 is 11.6 Å². The summed E-state index contributed by atoms with van der Waals surface area (Å²) in [4.78, 5) is 23.9. The molecule has 1 saturated heterocycles. The van der Waals surface area contributed by atoms with Gasteiger partial charge < -0.3 is 9.47 Å². The van der Waals surface area contributed by atoms with E-state index >= 15 is 0 Å². The van der Waals surface area contributed by atoms with Crippen LogP contribution < -0.4 is 0 Å². The van der Waals surface area contributed by atoms with Gasteiger partial charge in [-0.15, -0.1) is 0 Å². The molecule has 1 amide bonds. The topological polar surface area (TPSA) is 68.3 Å². The number of imidazole rings is 1. The molecule has 1 aliphatic heterocycles. The Morgan fingerprint density at radius 2 is 2.24 bits per heavy atom. The third-order valence-corrected chi connectivity index (χ3v) is 4.88. The quantitative estimate of drug-likeness (QED) is 0.735. The number of carbonyl (C=O) groups is 1. The number of carbonyl (C=O) groups excluding carboxylic acids is 1. The van der Waals surface area contributed by atoms with E-state index < -0.39 is 0 Å². The minimum absolute atomic E-state index is 0.0102. The van der Waals surface area contributed by atoms with Crippen LogP contribution in [0.5, 0.6) is 0 Å². The van der Waals surface area contributed by atoms with Crippen molar-refractivity contribution in [3.05, 3.63) is 47.9 Å². The largest absolute Gasteiger partial charge is 0.336 e. The zero-order valence-corrected chi connectivity index (χ0v) is 14.6. The highest BCUT2D eigenvalue weighted by Gasteiger charge is 2.28. The van der Waals surface area contributed by atoms with Gasteiger partial charge in [-0.2, -0.15) is 5.10 Å². The van der Waals surface area contributed by atoms with Crippen molar-refractivity contribution in [2.75, 3.05) is 13.1 Å². The fraction of sp³-hybridized carbons (Fsp3) is 0.444. The molecule has 3 aromatic rings. The molecule has 0 aliphatic carbocycles. The van der Waals surface area contributed by atoms with E-state index in [1.807, 2.05) is 36.5 Å². The van der Waals surface area contributed by atoms with Gasteiger partial charge >= 0.3 is 0 Å². The van der Waals surface area contributed by atoms with Crippen LogP contribution in [0.1, 0.15) is 47.7 Å². The zero-order chi connectivity index (χ0) is 17.4. The first kappa shape index (κ1) is 15.8. The first-order chi connectivity index (χ1) is 12.2. The van der Waals surface area contributed by atoms with E-state index in [-0.39, 0.29) is 11.9 Å². The second-order valence-corrected chi connectivity index (χ2v) is 6.55. The van der Waals surface area contributed by atoms with Crippen molar-refractivity contribution in [1.82, 2.24) is 29.0 Å². The number of piperidine rings is 1. The second kappa shape index (κ2) is 6.31. The monoisotopic (exact) mass is 338 g/mol. The lowest BCUT2D eigenvalue weighted by Gasteiger charge is -2.34. The predicted molar refractivity (Wildman–Crippen MR) is 93.5 cm³/mol. The lowest BCUT2D eigenvalue weighted by Crippen LogP contribution is -2.41. The molecule has 7 nitrogen and oxygen atoms in total. The Kier molecular flexibility index (Phi) is 3.99. The number of hydrogen-bond donors (Lipinski definition) is 0. The van der Waals surface area contributed by atoms with Crippen molar-refractivity contribution in [1.29, 1.82) is 0 Å². The molecule has 0 unspecified atom stereocenters. The zero-order valence-electron chi connectivity index (χ0n) is 14.6. The van der Waals surface area contributed by atoms with Gasteiger partial charge in [-0.1, -0.05) is 6.92 Å². The van der Waals surface area contributed by atoms with Gasteiger partial charge in [-0.05, 0) is 25.8 Å². The van der Waals surface area contributed by atoms with Crippen LogP contribution in [-0.2, 0) is 6.42 Å². The van der Waals surface area contributed by atoms with Crippen LogP contribution in [0, 0.1) is 6.92 Å². The maximum atomic E-state index is 13.1. The Bertz CT molecular complexity index is 911. The Labute approximate surface area is 146 Å². The van der Waals surface area contributed by atoms with Crippen LogP contribution in [0.3, 0.4) is 0 Å². The van der Waals surface area contributed by atoms with Gasteiger partial charge in [0.05, 0.1) is 12.2 Å². The molecule has 0 radical (unpaired) electrons. The molecular weight excluding hydrogens is 316 g/mol. The summed E-state index contributed by atoms with van der Waals surface area (Å²) in [5.74, 6) is 1.09. The molecule has 7 heteroatoms. The average Bonchev–Trinajstić information content (AvgIpc) is 3.27. The van der Waals surface area contributed by atoms with Crippen LogP contribution in [0.25, 0.3) is 5.65 Å². The molecule has 25 heavy (non-hydrogen) atoms. The lowest BCUT2D eigenvalue weighted by molar-refractivity contribution is 0.0679. The van der Waals surface area contributed by atoms with Crippen LogP contribution in [0.15, 0.2) is 30.9 Å². The lowest BCUT2D eigenvalue weighted by atomic mass is 10.0. The van der Waals surface area contributed by atoms with Crippen molar-refractivity contribution in [2.45, 2.75) is 39.2 Å². The van der Waals surface area contributed by atoms with Crippen molar-refractivity contribution in [2.24, 2.45) is 0 Å². The summed E-state index contributed by atoms with van der Waals surface area (Å²) >= 11 is 0. The maximum absolute atomic E-state index is 13.1. The SMILES string of the molecule is CCc1nccn1[C@@H]1CCCN(C(=O)c2cnn3ccc(C)nc23)C1. The number of aromatic nitrogens is 5. The normalized spacial score (nSPS) is 18.0. The first-order valence-corrected chi connectivity index (χ1v) is 8.79. The van der Waals surface area contributed by atoms with Gasteiger partial charge in [0.1, 0.15) is 11.4 Å². The van der Waals surface area contributed by atoms with Gasteiger partial charge in [0.15, 0.2) is 5.65 Å². The molecule has 4 rings (SSSR count). The van der Waals surface area contributed by atoms with Gasteiger partial charge in [0.25, 0.3) is 5.91 Å². The number of aryl methyl sites for hydroxylation is 2. The minimum Gasteiger partial charge on any atom is -0.336 e. The van der Waals surface area contributed by atoms with E-state index in [9.17, 15) is 4.79 Å². The third-order valence-electron chi connectivity index (χ3n) is 4.88. The molecule has 0 aromatic carbocycles. The standard InChI is InChI=1S/C18H22N6O/c1-3-16-19-7-10-23(16)14-5-4-8-22(12-14)18(25)15-11-20-24-9-6-13(2)21-17(15)24/h6-7,9-11,14H,3-5,8,12H2,1-2H3/t14-/m1/s1. The van der Waals surface area contributed by atoms with Crippen molar-refractivity contribution in [3.8, 4) is 0 Å². The van der Waals surface area contributed by atoms with E-state index in [4.69, 9.17) is 0 Å². The van der Waals surface area contributed by atoms with Crippen LogP contribution >= 0.6 is 0 Å². The Morgan fingerprint density at radius 3 is 3.08 bits per heavy atom. The predicted octanol–water partition coefficient (Wildman–Crippen LogP) is 2.27. The molecule has 3 aromatic heterocycles. The second-order valence-electron chi connectivity index (χ2n) is 6.55. The summed E-state index contributed by atoms with van der Waals surface area (Å²) in [6, 6.07) is 2.17. The summed E-state index contributed by atoms with van der Waals surface area (Å²) in [5.41, 5.74) is 2.08. The highest BCUT2D eigenvalue weighted by atomic mass is 16.2. The van der Waals surface area contributed by atoms with Crippen LogP contribution in [0.4, 0.5) is 0 Å². The fourth-order valence-electron chi connectivity index (χ4n) is 3.60. The number of hydrogen-bond acceptors (Lipinski definition) is 4. The number of fused-ring (bicyclic) bond motifs is 1. The first-order valence-electron chi connectivity index (χ1n) is 8.79. The molecule has 130 valence electrons. The average molecular weight is 338 g/mol. The number of rotatable bonds is 3. The van der Waals surface area contributed by atoms with Crippen LogP contribution in [-0.4, -0.2) is 48.0 Å². The highest BCUT2D eigenvalue weighted by molar-refractivity contribution is 5.99. The molecule has 1 fully saturated rings. The van der Waals surface area contributed by atoms with E-state index in [0.29, 0.717) is 17.8 Å². The molecule has 1 aliphatic rings.